The average molecular weight is 456 g/mol. The lowest BCUT2D eigenvalue weighted by Gasteiger charge is -2.35. The van der Waals surface area contributed by atoms with Gasteiger partial charge in [-0.2, -0.15) is 0 Å². The highest BCUT2D eigenvalue weighted by atomic mass is 35.5. The molecule has 160 valence electrons. The number of rotatable bonds is 4. The molecule has 3 amide bonds. The number of carbonyl (C=O) groups excluding carboxylic acids is 2. The molecule has 1 aliphatic heterocycles. The molecule has 0 bridgehead atoms. The van der Waals surface area contributed by atoms with Gasteiger partial charge >= 0.3 is 6.03 Å². The van der Waals surface area contributed by atoms with Crippen molar-refractivity contribution >= 4 is 51.4 Å². The highest BCUT2D eigenvalue weighted by Crippen LogP contribution is 2.21. The van der Waals surface area contributed by atoms with Crippen molar-refractivity contribution in [2.75, 3.05) is 41.7 Å². The maximum atomic E-state index is 12.8. The average Bonchev–Trinajstić information content (AvgIpc) is 3.24. The molecule has 2 aromatic carbocycles. The molecule has 1 aromatic heterocycles. The molecule has 0 unspecified atom stereocenters. The van der Waals surface area contributed by atoms with Gasteiger partial charge in [0.15, 0.2) is 5.13 Å². The van der Waals surface area contributed by atoms with Crippen molar-refractivity contribution in [2.45, 2.75) is 6.92 Å². The molecular formula is C22H22ClN5O2S. The minimum atomic E-state index is -0.395. The number of carbonyl (C=O) groups is 2. The number of hydrogen-bond acceptors (Lipinski definition) is 5. The molecule has 31 heavy (non-hydrogen) atoms. The van der Waals surface area contributed by atoms with Crippen molar-refractivity contribution < 1.29 is 9.59 Å². The fraction of sp³-hybridized carbons (Fsp3) is 0.227. The van der Waals surface area contributed by atoms with Crippen molar-refractivity contribution in [3.8, 4) is 0 Å². The van der Waals surface area contributed by atoms with Gasteiger partial charge in [0.25, 0.3) is 5.91 Å². The first-order valence-corrected chi connectivity index (χ1v) is 11.1. The van der Waals surface area contributed by atoms with E-state index in [9.17, 15) is 9.59 Å². The number of amides is 3. The fourth-order valence-electron chi connectivity index (χ4n) is 3.31. The zero-order chi connectivity index (χ0) is 21.8. The smallest absolute Gasteiger partial charge is 0.325 e. The predicted octanol–water partition coefficient (Wildman–Crippen LogP) is 4.71. The summed E-state index contributed by atoms with van der Waals surface area (Å²) < 4.78 is 0. The number of aromatic nitrogens is 1. The van der Waals surface area contributed by atoms with Crippen LogP contribution in [0.25, 0.3) is 0 Å². The molecule has 3 aromatic rings. The SMILES string of the molecule is Cc1ccc(NC(=O)Nc2nc(C(=O)N3CCN(c4ccc(Cl)cc4)CC3)cs2)cc1. The van der Waals surface area contributed by atoms with Gasteiger partial charge in [-0.1, -0.05) is 29.3 Å². The fourth-order valence-corrected chi connectivity index (χ4v) is 4.11. The third-order valence-corrected chi connectivity index (χ3v) is 6.02. The summed E-state index contributed by atoms with van der Waals surface area (Å²) >= 11 is 7.18. The number of hydrogen-bond donors (Lipinski definition) is 2. The zero-order valence-corrected chi connectivity index (χ0v) is 18.5. The van der Waals surface area contributed by atoms with E-state index in [1.54, 1.807) is 10.3 Å². The number of nitrogens with one attached hydrogen (secondary N) is 2. The number of aryl methyl sites for hydroxylation is 1. The Morgan fingerprint density at radius 2 is 1.65 bits per heavy atom. The van der Waals surface area contributed by atoms with E-state index >= 15 is 0 Å². The Balaban J connectivity index is 1.30. The summed E-state index contributed by atoms with van der Waals surface area (Å²) in [7, 11) is 0. The van der Waals surface area contributed by atoms with Crippen LogP contribution in [-0.2, 0) is 0 Å². The van der Waals surface area contributed by atoms with Crippen LogP contribution in [0.4, 0.5) is 21.3 Å². The summed E-state index contributed by atoms with van der Waals surface area (Å²) in [5.41, 5.74) is 3.24. The van der Waals surface area contributed by atoms with E-state index in [-0.39, 0.29) is 5.91 Å². The number of piperazine rings is 1. The van der Waals surface area contributed by atoms with Crippen LogP contribution < -0.4 is 15.5 Å². The first-order chi connectivity index (χ1) is 15.0. The van der Waals surface area contributed by atoms with Gasteiger partial charge in [0.05, 0.1) is 0 Å². The third-order valence-electron chi connectivity index (χ3n) is 5.01. The van der Waals surface area contributed by atoms with Crippen LogP contribution in [0.3, 0.4) is 0 Å². The maximum Gasteiger partial charge on any atom is 0.325 e. The van der Waals surface area contributed by atoms with E-state index in [1.165, 1.54) is 11.3 Å². The second-order valence-electron chi connectivity index (χ2n) is 7.24. The summed E-state index contributed by atoms with van der Waals surface area (Å²) in [4.78, 5) is 33.3. The summed E-state index contributed by atoms with van der Waals surface area (Å²) in [5.74, 6) is -0.126. The second kappa shape index (κ2) is 9.36. The Morgan fingerprint density at radius 1 is 0.968 bits per heavy atom. The van der Waals surface area contributed by atoms with Crippen LogP contribution in [0, 0.1) is 6.92 Å². The van der Waals surface area contributed by atoms with Crippen LogP contribution in [-0.4, -0.2) is 48.0 Å². The number of urea groups is 1. The highest BCUT2D eigenvalue weighted by molar-refractivity contribution is 7.14. The Labute approximate surface area is 189 Å². The van der Waals surface area contributed by atoms with E-state index in [0.717, 1.165) is 24.3 Å². The molecule has 1 saturated heterocycles. The lowest BCUT2D eigenvalue weighted by Crippen LogP contribution is -2.48. The van der Waals surface area contributed by atoms with Crippen molar-refractivity contribution in [3.63, 3.8) is 0 Å². The molecule has 2 N–H and O–H groups in total. The van der Waals surface area contributed by atoms with Crippen molar-refractivity contribution in [2.24, 2.45) is 0 Å². The van der Waals surface area contributed by atoms with Crippen LogP contribution in [0.2, 0.25) is 5.02 Å². The van der Waals surface area contributed by atoms with Crippen LogP contribution in [0.15, 0.2) is 53.9 Å². The van der Waals surface area contributed by atoms with Crippen molar-refractivity contribution in [3.05, 3.63) is 70.2 Å². The molecule has 4 rings (SSSR count). The number of nitrogens with zero attached hydrogens (tertiary/aromatic N) is 3. The summed E-state index contributed by atoms with van der Waals surface area (Å²) in [5, 5.41) is 8.20. The predicted molar refractivity (Wildman–Crippen MR) is 126 cm³/mol. The lowest BCUT2D eigenvalue weighted by atomic mass is 10.2. The number of anilines is 3. The molecule has 9 heteroatoms. The van der Waals surface area contributed by atoms with Crippen molar-refractivity contribution in [1.29, 1.82) is 0 Å². The van der Waals surface area contributed by atoms with Gasteiger partial charge in [-0.3, -0.25) is 10.1 Å². The highest BCUT2D eigenvalue weighted by Gasteiger charge is 2.24. The Morgan fingerprint density at radius 3 is 2.32 bits per heavy atom. The monoisotopic (exact) mass is 455 g/mol. The van der Waals surface area contributed by atoms with E-state index in [2.05, 4.69) is 20.5 Å². The van der Waals surface area contributed by atoms with Crippen LogP contribution in [0.5, 0.6) is 0 Å². The molecule has 1 fully saturated rings. The first-order valence-electron chi connectivity index (χ1n) is 9.88. The Bertz CT molecular complexity index is 1060. The van der Waals surface area contributed by atoms with Gasteiger partial charge in [-0.05, 0) is 43.3 Å². The first kappa shape index (κ1) is 21.1. The maximum absolute atomic E-state index is 12.8. The quantitative estimate of drug-likeness (QED) is 0.597. The van der Waals surface area contributed by atoms with Gasteiger partial charge in [-0.25, -0.2) is 9.78 Å². The van der Waals surface area contributed by atoms with E-state index < -0.39 is 6.03 Å². The Hall–Kier alpha value is -3.10. The molecule has 0 aliphatic carbocycles. The standard InChI is InChI=1S/C22H22ClN5O2S/c1-15-2-6-17(7-3-15)24-21(30)26-22-25-19(14-31-22)20(29)28-12-10-27(11-13-28)18-8-4-16(23)5-9-18/h2-9,14H,10-13H2,1H3,(H2,24,25,26,30). The number of halogens is 1. The topological polar surface area (TPSA) is 77.6 Å². The molecule has 2 heterocycles. The minimum absolute atomic E-state index is 0.126. The molecule has 0 spiro atoms. The van der Waals surface area contributed by atoms with Gasteiger partial charge < -0.3 is 15.1 Å². The molecular weight excluding hydrogens is 434 g/mol. The van der Waals surface area contributed by atoms with Crippen molar-refractivity contribution in [1.82, 2.24) is 9.88 Å². The number of benzene rings is 2. The molecule has 1 aliphatic rings. The van der Waals surface area contributed by atoms with E-state index in [4.69, 9.17) is 11.6 Å². The zero-order valence-electron chi connectivity index (χ0n) is 17.0. The van der Waals surface area contributed by atoms with Gasteiger partial charge in [0.1, 0.15) is 5.69 Å². The summed E-state index contributed by atoms with van der Waals surface area (Å²) in [6.07, 6.45) is 0. The third kappa shape index (κ3) is 5.34. The Kier molecular flexibility index (Phi) is 6.39. The molecule has 0 atom stereocenters. The lowest BCUT2D eigenvalue weighted by molar-refractivity contribution is 0.0741. The normalized spacial score (nSPS) is 13.7. The summed E-state index contributed by atoms with van der Waals surface area (Å²) in [6, 6.07) is 14.8. The molecule has 7 nitrogen and oxygen atoms in total. The van der Waals surface area contributed by atoms with E-state index in [1.807, 2.05) is 55.5 Å². The van der Waals surface area contributed by atoms with Crippen LogP contribution in [0.1, 0.15) is 16.1 Å². The van der Waals surface area contributed by atoms with Gasteiger partial charge in [0.2, 0.25) is 0 Å². The number of thiazole rings is 1. The van der Waals surface area contributed by atoms with Crippen LogP contribution >= 0.6 is 22.9 Å². The second-order valence-corrected chi connectivity index (χ2v) is 8.53. The largest absolute Gasteiger partial charge is 0.368 e. The molecule has 0 radical (unpaired) electrons. The van der Waals surface area contributed by atoms with Gasteiger partial charge in [-0.15, -0.1) is 11.3 Å². The molecule has 0 saturated carbocycles. The summed E-state index contributed by atoms with van der Waals surface area (Å²) in [6.45, 7) is 4.67. The van der Waals surface area contributed by atoms with Gasteiger partial charge in [0, 0.05) is 48.0 Å². The van der Waals surface area contributed by atoms with E-state index in [0.29, 0.717) is 34.6 Å². The minimum Gasteiger partial charge on any atom is -0.368 e.